The zero-order valence-corrected chi connectivity index (χ0v) is 13.7. The Balaban J connectivity index is 1.82. The van der Waals surface area contributed by atoms with Crippen molar-refractivity contribution in [3.63, 3.8) is 0 Å². The van der Waals surface area contributed by atoms with Crippen molar-refractivity contribution in [3.05, 3.63) is 65.7 Å². The van der Waals surface area contributed by atoms with Crippen molar-refractivity contribution in [1.29, 1.82) is 0 Å². The number of nitrogens with one attached hydrogen (secondary N) is 2. The van der Waals surface area contributed by atoms with Gasteiger partial charge in [-0.3, -0.25) is 4.79 Å². The Morgan fingerprint density at radius 2 is 1.61 bits per heavy atom. The van der Waals surface area contributed by atoms with Crippen LogP contribution in [0, 0.1) is 6.92 Å². The van der Waals surface area contributed by atoms with Crippen molar-refractivity contribution in [2.75, 3.05) is 18.4 Å². The summed E-state index contributed by atoms with van der Waals surface area (Å²) in [4.78, 5) is 14.3. The number of amides is 1. The number of aryl methyl sites for hydroxylation is 1. The van der Waals surface area contributed by atoms with Crippen LogP contribution in [0.1, 0.15) is 36.4 Å². The molecule has 0 unspecified atom stereocenters. The predicted octanol–water partition coefficient (Wildman–Crippen LogP) is 2.74. The molecule has 1 aliphatic heterocycles. The zero-order valence-electron chi connectivity index (χ0n) is 13.7. The number of hydrogen-bond acceptors (Lipinski definition) is 1. The second-order valence-corrected chi connectivity index (χ2v) is 6.42. The van der Waals surface area contributed by atoms with E-state index >= 15 is 0 Å². The van der Waals surface area contributed by atoms with E-state index in [1.165, 1.54) is 29.7 Å². The highest BCUT2D eigenvalue weighted by atomic mass is 16.2. The van der Waals surface area contributed by atoms with Crippen LogP contribution in [0.15, 0.2) is 54.6 Å². The summed E-state index contributed by atoms with van der Waals surface area (Å²) < 4.78 is 0. The van der Waals surface area contributed by atoms with E-state index in [-0.39, 0.29) is 11.9 Å². The van der Waals surface area contributed by atoms with Gasteiger partial charge in [-0.1, -0.05) is 48.0 Å². The molecule has 2 aromatic carbocycles. The van der Waals surface area contributed by atoms with Crippen LogP contribution in [-0.4, -0.2) is 19.0 Å². The molecule has 3 nitrogen and oxygen atoms in total. The molecule has 1 heterocycles. The van der Waals surface area contributed by atoms with Crippen molar-refractivity contribution in [3.8, 4) is 0 Å². The molecular formula is C20H25N2O+. The lowest BCUT2D eigenvalue weighted by Gasteiger charge is -2.31. The lowest BCUT2D eigenvalue weighted by molar-refractivity contribution is -0.926. The number of benzene rings is 2. The molecule has 2 N–H and O–H groups in total. The van der Waals surface area contributed by atoms with E-state index < -0.39 is 0 Å². The van der Waals surface area contributed by atoms with Gasteiger partial charge >= 0.3 is 0 Å². The first-order valence-corrected chi connectivity index (χ1v) is 8.51. The number of likely N-dealkylation sites (tertiary alicyclic amines) is 1. The summed E-state index contributed by atoms with van der Waals surface area (Å²) in [6.45, 7) is 4.19. The van der Waals surface area contributed by atoms with Crippen LogP contribution >= 0.6 is 0 Å². The maximum absolute atomic E-state index is 13.0. The van der Waals surface area contributed by atoms with Gasteiger partial charge in [0.25, 0.3) is 5.91 Å². The molecule has 0 radical (unpaired) electrons. The maximum atomic E-state index is 13.0. The van der Waals surface area contributed by atoms with Crippen molar-refractivity contribution in [2.45, 2.75) is 32.2 Å². The van der Waals surface area contributed by atoms with Gasteiger partial charge in [-0.25, -0.2) is 0 Å². The molecule has 0 bridgehead atoms. The summed E-state index contributed by atoms with van der Waals surface area (Å²) in [5.74, 6) is 0.0944. The Bertz CT molecular complexity index is 630. The maximum Gasteiger partial charge on any atom is 0.287 e. The normalized spacial score (nSPS) is 16.7. The molecule has 0 aliphatic carbocycles. The molecular weight excluding hydrogens is 284 g/mol. The number of piperidine rings is 1. The fraction of sp³-hybridized carbons (Fsp3) is 0.350. The number of carbonyl (C=O) groups excluding carboxylic acids is 1. The first kappa shape index (κ1) is 15.8. The van der Waals surface area contributed by atoms with E-state index in [1.807, 2.05) is 42.5 Å². The standard InChI is InChI=1S/C20H24N2O/c1-16-10-12-18(13-11-16)21-20(23)19(17-8-4-2-5-9-17)22-14-6-3-7-15-22/h2,4-5,8-13,19H,3,6-7,14-15H2,1H3,(H,21,23)/p+1/t19-/m1/s1. The van der Waals surface area contributed by atoms with Crippen molar-refractivity contribution in [1.82, 2.24) is 0 Å². The van der Waals surface area contributed by atoms with Crippen LogP contribution in [0.3, 0.4) is 0 Å². The minimum absolute atomic E-state index is 0.0944. The van der Waals surface area contributed by atoms with E-state index in [0.717, 1.165) is 24.3 Å². The van der Waals surface area contributed by atoms with Crippen LogP contribution < -0.4 is 10.2 Å². The van der Waals surface area contributed by atoms with Crippen LogP contribution in [-0.2, 0) is 4.79 Å². The number of rotatable bonds is 4. The number of anilines is 1. The second-order valence-electron chi connectivity index (χ2n) is 6.42. The second kappa shape index (κ2) is 7.42. The lowest BCUT2D eigenvalue weighted by Crippen LogP contribution is -3.14. The molecule has 3 heteroatoms. The minimum atomic E-state index is -0.127. The summed E-state index contributed by atoms with van der Waals surface area (Å²) in [7, 11) is 0. The van der Waals surface area contributed by atoms with E-state index in [1.54, 1.807) is 0 Å². The third-order valence-electron chi connectivity index (χ3n) is 4.62. The molecule has 120 valence electrons. The van der Waals surface area contributed by atoms with E-state index in [0.29, 0.717) is 0 Å². The molecule has 1 fully saturated rings. The van der Waals surface area contributed by atoms with E-state index in [2.05, 4.69) is 24.4 Å². The molecule has 0 saturated carbocycles. The Hall–Kier alpha value is -2.13. The van der Waals surface area contributed by atoms with Crippen LogP contribution in [0.5, 0.6) is 0 Å². The SMILES string of the molecule is Cc1ccc(NC(=O)[C@@H](c2ccccc2)[NH+]2CCCCC2)cc1. The Morgan fingerprint density at radius 1 is 0.957 bits per heavy atom. The first-order valence-electron chi connectivity index (χ1n) is 8.51. The smallest absolute Gasteiger partial charge is 0.287 e. The molecule has 2 aromatic rings. The van der Waals surface area contributed by atoms with Gasteiger partial charge in [-0.15, -0.1) is 0 Å². The van der Waals surface area contributed by atoms with Gasteiger partial charge in [-0.2, -0.15) is 0 Å². The summed E-state index contributed by atoms with van der Waals surface area (Å²) in [6.07, 6.45) is 3.69. The highest BCUT2D eigenvalue weighted by Crippen LogP contribution is 2.15. The van der Waals surface area contributed by atoms with Gasteiger partial charge in [0.2, 0.25) is 0 Å². The Labute approximate surface area is 138 Å². The first-order chi connectivity index (χ1) is 11.2. The van der Waals surface area contributed by atoms with Crippen molar-refractivity contribution >= 4 is 11.6 Å². The fourth-order valence-electron chi connectivity index (χ4n) is 3.36. The number of carbonyl (C=O) groups is 1. The van der Waals surface area contributed by atoms with Crippen LogP contribution in [0.2, 0.25) is 0 Å². The summed E-state index contributed by atoms with van der Waals surface area (Å²) in [5.41, 5.74) is 3.18. The van der Waals surface area contributed by atoms with Gasteiger partial charge in [0.1, 0.15) is 0 Å². The lowest BCUT2D eigenvalue weighted by atomic mass is 10.0. The fourth-order valence-corrected chi connectivity index (χ4v) is 3.36. The summed E-state index contributed by atoms with van der Waals surface area (Å²) in [6, 6.07) is 18.1. The zero-order chi connectivity index (χ0) is 16.1. The summed E-state index contributed by atoms with van der Waals surface area (Å²) >= 11 is 0. The van der Waals surface area contributed by atoms with Gasteiger partial charge in [-0.05, 0) is 38.3 Å². The molecule has 1 aliphatic rings. The molecule has 1 saturated heterocycles. The molecule has 1 atom stereocenters. The molecule has 1 amide bonds. The predicted molar refractivity (Wildman–Crippen MR) is 93.5 cm³/mol. The molecule has 0 spiro atoms. The molecule has 3 rings (SSSR count). The monoisotopic (exact) mass is 309 g/mol. The average molecular weight is 309 g/mol. The van der Waals surface area contributed by atoms with Gasteiger partial charge in [0.15, 0.2) is 6.04 Å². The van der Waals surface area contributed by atoms with Crippen LogP contribution in [0.4, 0.5) is 5.69 Å². The Morgan fingerprint density at radius 3 is 2.26 bits per heavy atom. The third-order valence-corrected chi connectivity index (χ3v) is 4.62. The van der Waals surface area contributed by atoms with Gasteiger partial charge < -0.3 is 10.2 Å². The Kier molecular flexibility index (Phi) is 5.09. The highest BCUT2D eigenvalue weighted by molar-refractivity contribution is 5.94. The topological polar surface area (TPSA) is 33.5 Å². The number of hydrogen-bond donors (Lipinski definition) is 2. The average Bonchev–Trinajstić information content (AvgIpc) is 2.59. The third kappa shape index (κ3) is 3.99. The van der Waals surface area contributed by atoms with Crippen molar-refractivity contribution in [2.24, 2.45) is 0 Å². The van der Waals surface area contributed by atoms with E-state index in [9.17, 15) is 4.79 Å². The van der Waals surface area contributed by atoms with Gasteiger partial charge in [0, 0.05) is 11.3 Å². The molecule has 23 heavy (non-hydrogen) atoms. The van der Waals surface area contributed by atoms with Crippen LogP contribution in [0.25, 0.3) is 0 Å². The summed E-state index contributed by atoms with van der Waals surface area (Å²) in [5, 5.41) is 3.11. The van der Waals surface area contributed by atoms with Gasteiger partial charge in [0.05, 0.1) is 13.1 Å². The molecule has 0 aromatic heterocycles. The quantitative estimate of drug-likeness (QED) is 0.894. The minimum Gasteiger partial charge on any atom is -0.321 e. The largest absolute Gasteiger partial charge is 0.321 e. The highest BCUT2D eigenvalue weighted by Gasteiger charge is 2.32. The number of quaternary nitrogens is 1. The van der Waals surface area contributed by atoms with Crippen molar-refractivity contribution < 1.29 is 9.69 Å². The van der Waals surface area contributed by atoms with E-state index in [4.69, 9.17) is 0 Å².